The molecular weight excluding hydrogens is 278 g/mol. The highest BCUT2D eigenvalue weighted by molar-refractivity contribution is 5.94. The third-order valence-corrected chi connectivity index (χ3v) is 3.38. The van der Waals surface area contributed by atoms with Gasteiger partial charge in [-0.05, 0) is 25.1 Å². The van der Waals surface area contributed by atoms with E-state index in [4.69, 9.17) is 9.47 Å². The molecule has 0 spiro atoms. The van der Waals surface area contributed by atoms with Crippen LogP contribution in [0.4, 0.5) is 0 Å². The van der Waals surface area contributed by atoms with Crippen LogP contribution in [0.2, 0.25) is 0 Å². The second kappa shape index (κ2) is 6.35. The largest absolute Gasteiger partial charge is 0.493 e. The zero-order valence-corrected chi connectivity index (χ0v) is 12.3. The number of hydrogen-bond donors (Lipinski definition) is 1. The van der Waals surface area contributed by atoms with E-state index in [9.17, 15) is 4.79 Å². The Labute approximate surface area is 128 Å². The zero-order valence-electron chi connectivity index (χ0n) is 12.3. The number of benzene rings is 2. The van der Waals surface area contributed by atoms with Crippen LogP contribution in [0, 0.1) is 0 Å². The van der Waals surface area contributed by atoms with Crippen LogP contribution >= 0.6 is 0 Å². The molecule has 112 valence electrons. The van der Waals surface area contributed by atoms with Crippen molar-refractivity contribution in [2.45, 2.75) is 13.5 Å². The van der Waals surface area contributed by atoms with Crippen LogP contribution in [0.1, 0.15) is 23.0 Å². The van der Waals surface area contributed by atoms with E-state index < -0.39 is 0 Å². The van der Waals surface area contributed by atoms with Gasteiger partial charge in [-0.25, -0.2) is 4.79 Å². The van der Waals surface area contributed by atoms with E-state index in [1.807, 2.05) is 55.5 Å². The minimum absolute atomic E-state index is 0.185. The van der Waals surface area contributed by atoms with Crippen molar-refractivity contribution in [2.75, 3.05) is 6.61 Å². The van der Waals surface area contributed by atoms with Gasteiger partial charge in [0.1, 0.15) is 18.1 Å². The van der Waals surface area contributed by atoms with Crippen LogP contribution in [0.3, 0.4) is 0 Å². The van der Waals surface area contributed by atoms with Gasteiger partial charge in [0, 0.05) is 16.5 Å². The highest BCUT2D eigenvalue weighted by Crippen LogP contribution is 2.20. The topological polar surface area (TPSA) is 51.3 Å². The molecule has 0 atom stereocenters. The van der Waals surface area contributed by atoms with Crippen LogP contribution in [-0.2, 0) is 11.3 Å². The fraction of sp³-hybridized carbons (Fsp3) is 0.167. The summed E-state index contributed by atoms with van der Waals surface area (Å²) in [5.74, 6) is 0.372. The van der Waals surface area contributed by atoms with Gasteiger partial charge in [0.15, 0.2) is 0 Å². The molecule has 0 aliphatic rings. The average Bonchev–Trinajstić information content (AvgIpc) is 2.98. The Morgan fingerprint density at radius 2 is 1.86 bits per heavy atom. The SMILES string of the molecule is CCOc1ccccc1COC(=O)c1cc2ccccc2[nH]1. The summed E-state index contributed by atoms with van der Waals surface area (Å²) in [6, 6.07) is 17.1. The Morgan fingerprint density at radius 1 is 1.09 bits per heavy atom. The van der Waals surface area contributed by atoms with Crippen molar-refractivity contribution in [2.24, 2.45) is 0 Å². The molecule has 1 heterocycles. The number of carbonyl (C=O) groups is 1. The second-order valence-electron chi connectivity index (χ2n) is 4.89. The third kappa shape index (κ3) is 2.96. The van der Waals surface area contributed by atoms with Gasteiger partial charge in [0.2, 0.25) is 0 Å². The molecule has 0 aliphatic carbocycles. The van der Waals surface area contributed by atoms with Crippen LogP contribution < -0.4 is 4.74 Å². The average molecular weight is 295 g/mol. The van der Waals surface area contributed by atoms with Gasteiger partial charge in [0.05, 0.1) is 6.61 Å². The highest BCUT2D eigenvalue weighted by Gasteiger charge is 2.12. The lowest BCUT2D eigenvalue weighted by Gasteiger charge is -2.10. The molecule has 3 rings (SSSR count). The molecule has 0 radical (unpaired) electrons. The number of hydrogen-bond acceptors (Lipinski definition) is 3. The first kappa shape index (κ1) is 14.2. The number of nitrogens with one attached hydrogen (secondary N) is 1. The lowest BCUT2D eigenvalue weighted by molar-refractivity contribution is 0.0464. The molecule has 4 nitrogen and oxygen atoms in total. The summed E-state index contributed by atoms with van der Waals surface area (Å²) in [5.41, 5.74) is 2.23. The van der Waals surface area contributed by atoms with E-state index in [-0.39, 0.29) is 12.6 Å². The molecule has 0 saturated carbocycles. The minimum atomic E-state index is -0.373. The number of aromatic amines is 1. The van der Waals surface area contributed by atoms with Crippen molar-refractivity contribution >= 4 is 16.9 Å². The van der Waals surface area contributed by atoms with Crippen molar-refractivity contribution in [3.63, 3.8) is 0 Å². The smallest absolute Gasteiger partial charge is 0.355 e. The molecule has 0 bridgehead atoms. The van der Waals surface area contributed by atoms with Gasteiger partial charge in [-0.2, -0.15) is 0 Å². The summed E-state index contributed by atoms with van der Waals surface area (Å²) in [5, 5.41) is 0.990. The number of aromatic nitrogens is 1. The van der Waals surface area contributed by atoms with Crippen molar-refractivity contribution < 1.29 is 14.3 Å². The molecule has 0 amide bonds. The summed E-state index contributed by atoms with van der Waals surface area (Å²) in [7, 11) is 0. The molecule has 0 unspecified atom stereocenters. The third-order valence-electron chi connectivity index (χ3n) is 3.38. The Bertz CT molecular complexity index is 759. The van der Waals surface area contributed by atoms with Gasteiger partial charge < -0.3 is 14.5 Å². The summed E-state index contributed by atoms with van der Waals surface area (Å²) in [4.78, 5) is 15.2. The quantitative estimate of drug-likeness (QED) is 0.726. The van der Waals surface area contributed by atoms with Gasteiger partial charge in [-0.3, -0.25) is 0 Å². The normalized spacial score (nSPS) is 10.6. The Kier molecular flexibility index (Phi) is 4.10. The predicted molar refractivity (Wildman–Crippen MR) is 85.0 cm³/mol. The molecule has 3 aromatic rings. The van der Waals surface area contributed by atoms with Crippen molar-refractivity contribution in [1.82, 2.24) is 4.98 Å². The van der Waals surface area contributed by atoms with Crippen LogP contribution in [0.5, 0.6) is 5.75 Å². The summed E-state index contributed by atoms with van der Waals surface area (Å²) in [6.07, 6.45) is 0. The molecule has 22 heavy (non-hydrogen) atoms. The Hall–Kier alpha value is -2.75. The Morgan fingerprint density at radius 3 is 2.68 bits per heavy atom. The molecule has 1 N–H and O–H groups in total. The van der Waals surface area contributed by atoms with Gasteiger partial charge >= 0.3 is 5.97 Å². The number of esters is 1. The van der Waals surface area contributed by atoms with E-state index in [0.717, 1.165) is 22.2 Å². The minimum Gasteiger partial charge on any atom is -0.493 e. The lowest BCUT2D eigenvalue weighted by atomic mass is 10.2. The van der Waals surface area contributed by atoms with E-state index in [2.05, 4.69) is 4.98 Å². The van der Waals surface area contributed by atoms with Gasteiger partial charge in [-0.15, -0.1) is 0 Å². The van der Waals surface area contributed by atoms with E-state index in [1.165, 1.54) is 0 Å². The standard InChI is InChI=1S/C18H17NO3/c1-2-21-17-10-6-4-8-14(17)12-22-18(20)16-11-13-7-3-5-9-15(13)19-16/h3-11,19H,2,12H2,1H3. The Balaban J connectivity index is 1.72. The number of carbonyl (C=O) groups excluding carboxylic acids is 1. The molecule has 2 aromatic carbocycles. The molecule has 0 saturated heterocycles. The van der Waals surface area contributed by atoms with E-state index >= 15 is 0 Å². The fourth-order valence-corrected chi connectivity index (χ4v) is 2.32. The number of rotatable bonds is 5. The monoisotopic (exact) mass is 295 g/mol. The summed E-state index contributed by atoms with van der Waals surface area (Å²) >= 11 is 0. The maximum Gasteiger partial charge on any atom is 0.355 e. The first-order valence-electron chi connectivity index (χ1n) is 7.23. The summed E-state index contributed by atoms with van der Waals surface area (Å²) < 4.78 is 10.9. The first-order valence-corrected chi connectivity index (χ1v) is 7.23. The van der Waals surface area contributed by atoms with Crippen LogP contribution in [0.15, 0.2) is 54.6 Å². The van der Waals surface area contributed by atoms with E-state index in [1.54, 1.807) is 6.07 Å². The first-order chi connectivity index (χ1) is 10.8. The summed E-state index contributed by atoms with van der Waals surface area (Å²) in [6.45, 7) is 2.69. The van der Waals surface area contributed by atoms with Crippen LogP contribution in [-0.4, -0.2) is 17.6 Å². The van der Waals surface area contributed by atoms with E-state index in [0.29, 0.717) is 12.3 Å². The maximum absolute atomic E-state index is 12.2. The molecule has 0 fully saturated rings. The van der Waals surface area contributed by atoms with Crippen molar-refractivity contribution in [3.8, 4) is 5.75 Å². The number of H-pyrrole nitrogens is 1. The maximum atomic E-state index is 12.2. The number of ether oxygens (including phenoxy) is 2. The number of para-hydroxylation sites is 2. The zero-order chi connectivity index (χ0) is 15.4. The molecular formula is C18H17NO3. The molecule has 1 aromatic heterocycles. The molecule has 0 aliphatic heterocycles. The van der Waals surface area contributed by atoms with Crippen LogP contribution in [0.25, 0.3) is 10.9 Å². The van der Waals surface area contributed by atoms with Gasteiger partial charge in [0.25, 0.3) is 0 Å². The molecule has 4 heteroatoms. The predicted octanol–water partition coefficient (Wildman–Crippen LogP) is 3.92. The second-order valence-corrected chi connectivity index (χ2v) is 4.89. The lowest BCUT2D eigenvalue weighted by Crippen LogP contribution is -2.06. The van der Waals surface area contributed by atoms with Crippen molar-refractivity contribution in [1.29, 1.82) is 0 Å². The van der Waals surface area contributed by atoms with Gasteiger partial charge in [-0.1, -0.05) is 36.4 Å². The van der Waals surface area contributed by atoms with Crippen molar-refractivity contribution in [3.05, 3.63) is 65.9 Å². The highest BCUT2D eigenvalue weighted by atomic mass is 16.5. The number of fused-ring (bicyclic) bond motifs is 1. The fourth-order valence-electron chi connectivity index (χ4n) is 2.32.